The Morgan fingerprint density at radius 3 is 2.32 bits per heavy atom. The van der Waals surface area contributed by atoms with Crippen LogP contribution in [0.1, 0.15) is 12.5 Å². The Bertz CT molecular complexity index is 659. The Kier molecular flexibility index (Phi) is 7.43. The summed E-state index contributed by atoms with van der Waals surface area (Å²) in [4.78, 5) is 11.8. The molecule has 0 saturated carbocycles. The maximum absolute atomic E-state index is 11.8. The molecule has 134 valence electrons. The molecule has 0 radical (unpaired) electrons. The molecule has 0 aliphatic carbocycles. The first kappa shape index (κ1) is 18.4. The molecule has 0 aromatic heterocycles. The lowest BCUT2D eigenvalue weighted by atomic mass is 10.2. The normalized spacial score (nSPS) is 10.0. The monoisotopic (exact) mass is 344 g/mol. The fourth-order valence-electron chi connectivity index (χ4n) is 2.22. The standard InChI is InChI=1S/C19H24N2O4/c1-3-24-16-8-10-17(11-9-16)25-13-12-20-19(22)21-14-15-6-4-5-7-18(15)23-2/h4-11H,3,12-14H2,1-2H3,(H2,20,21,22). The van der Waals surface area contributed by atoms with Crippen molar-refractivity contribution in [2.45, 2.75) is 13.5 Å². The third-order valence-electron chi connectivity index (χ3n) is 3.42. The number of benzene rings is 2. The van der Waals surface area contributed by atoms with Gasteiger partial charge in [-0.1, -0.05) is 18.2 Å². The molecule has 2 rings (SSSR count). The highest BCUT2D eigenvalue weighted by Crippen LogP contribution is 2.17. The molecule has 0 bridgehead atoms. The van der Waals surface area contributed by atoms with E-state index in [-0.39, 0.29) is 6.03 Å². The van der Waals surface area contributed by atoms with Crippen LogP contribution < -0.4 is 24.8 Å². The van der Waals surface area contributed by atoms with Crippen molar-refractivity contribution in [1.29, 1.82) is 0 Å². The van der Waals surface area contributed by atoms with Gasteiger partial charge in [0.15, 0.2) is 0 Å². The molecule has 2 N–H and O–H groups in total. The van der Waals surface area contributed by atoms with Gasteiger partial charge in [0.05, 0.1) is 20.3 Å². The Hall–Kier alpha value is -2.89. The maximum atomic E-state index is 11.8. The number of urea groups is 1. The van der Waals surface area contributed by atoms with Gasteiger partial charge >= 0.3 is 6.03 Å². The SMILES string of the molecule is CCOc1ccc(OCCNC(=O)NCc2ccccc2OC)cc1. The van der Waals surface area contributed by atoms with Gasteiger partial charge in [0.1, 0.15) is 23.9 Å². The van der Waals surface area contributed by atoms with Crippen molar-refractivity contribution in [1.82, 2.24) is 10.6 Å². The summed E-state index contributed by atoms with van der Waals surface area (Å²) in [6.07, 6.45) is 0. The molecule has 25 heavy (non-hydrogen) atoms. The first-order chi connectivity index (χ1) is 12.2. The molecule has 6 heteroatoms. The van der Waals surface area contributed by atoms with Crippen LogP contribution in [0.25, 0.3) is 0 Å². The highest BCUT2D eigenvalue weighted by atomic mass is 16.5. The van der Waals surface area contributed by atoms with Gasteiger partial charge in [-0.2, -0.15) is 0 Å². The molecule has 0 spiro atoms. The molecular weight excluding hydrogens is 320 g/mol. The topological polar surface area (TPSA) is 68.8 Å². The van der Waals surface area contributed by atoms with Crippen LogP contribution in [-0.2, 0) is 6.54 Å². The summed E-state index contributed by atoms with van der Waals surface area (Å²) in [5.41, 5.74) is 0.922. The second-order valence-electron chi connectivity index (χ2n) is 5.17. The molecule has 6 nitrogen and oxygen atoms in total. The van der Waals surface area contributed by atoms with Gasteiger partial charge < -0.3 is 24.8 Å². The van der Waals surface area contributed by atoms with Gasteiger partial charge in [0.2, 0.25) is 0 Å². The molecule has 0 unspecified atom stereocenters. The molecule has 0 aliphatic heterocycles. The van der Waals surface area contributed by atoms with Gasteiger partial charge in [-0.15, -0.1) is 0 Å². The maximum Gasteiger partial charge on any atom is 0.315 e. The summed E-state index contributed by atoms with van der Waals surface area (Å²) in [7, 11) is 1.61. The molecule has 0 heterocycles. The minimum absolute atomic E-state index is 0.249. The number of methoxy groups -OCH3 is 1. The second-order valence-corrected chi connectivity index (χ2v) is 5.17. The largest absolute Gasteiger partial charge is 0.496 e. The quantitative estimate of drug-likeness (QED) is 0.686. The number of hydrogen-bond acceptors (Lipinski definition) is 4. The van der Waals surface area contributed by atoms with E-state index in [1.165, 1.54) is 0 Å². The number of carbonyl (C=O) groups is 1. The fraction of sp³-hybridized carbons (Fsp3) is 0.316. The highest BCUT2D eigenvalue weighted by molar-refractivity contribution is 5.73. The molecule has 2 aromatic rings. The van der Waals surface area contributed by atoms with E-state index in [1.54, 1.807) is 7.11 Å². The van der Waals surface area contributed by atoms with Crippen LogP contribution in [0, 0.1) is 0 Å². The third-order valence-corrected chi connectivity index (χ3v) is 3.42. The first-order valence-electron chi connectivity index (χ1n) is 8.22. The molecule has 2 aromatic carbocycles. The smallest absolute Gasteiger partial charge is 0.315 e. The third kappa shape index (κ3) is 6.25. The van der Waals surface area contributed by atoms with Gasteiger partial charge in [-0.05, 0) is 37.3 Å². The lowest BCUT2D eigenvalue weighted by molar-refractivity contribution is 0.236. The molecular formula is C19H24N2O4. The van der Waals surface area contributed by atoms with E-state index in [1.807, 2.05) is 55.5 Å². The zero-order valence-electron chi connectivity index (χ0n) is 14.6. The minimum Gasteiger partial charge on any atom is -0.496 e. The van der Waals surface area contributed by atoms with Gasteiger partial charge in [-0.25, -0.2) is 4.79 Å². The van der Waals surface area contributed by atoms with Crippen molar-refractivity contribution >= 4 is 6.03 Å². The molecule has 0 atom stereocenters. The van der Waals surface area contributed by atoms with E-state index in [9.17, 15) is 4.79 Å². The zero-order valence-corrected chi connectivity index (χ0v) is 14.6. The zero-order chi connectivity index (χ0) is 17.9. The van der Waals surface area contributed by atoms with Crippen molar-refractivity contribution in [2.75, 3.05) is 26.9 Å². The average molecular weight is 344 g/mol. The number of ether oxygens (including phenoxy) is 3. The summed E-state index contributed by atoms with van der Waals surface area (Å²) in [5.74, 6) is 2.30. The van der Waals surface area contributed by atoms with E-state index in [0.717, 1.165) is 22.8 Å². The van der Waals surface area contributed by atoms with Crippen molar-refractivity contribution < 1.29 is 19.0 Å². The number of hydrogen-bond donors (Lipinski definition) is 2. The van der Waals surface area contributed by atoms with Crippen LogP contribution in [0.5, 0.6) is 17.2 Å². The van der Waals surface area contributed by atoms with Crippen molar-refractivity contribution in [3.8, 4) is 17.2 Å². The number of nitrogens with one attached hydrogen (secondary N) is 2. The van der Waals surface area contributed by atoms with Crippen LogP contribution >= 0.6 is 0 Å². The Morgan fingerprint density at radius 2 is 1.64 bits per heavy atom. The van der Waals surface area contributed by atoms with Crippen molar-refractivity contribution in [3.63, 3.8) is 0 Å². The minimum atomic E-state index is -0.249. The van der Waals surface area contributed by atoms with Crippen molar-refractivity contribution in [2.24, 2.45) is 0 Å². The number of rotatable bonds is 9. The Labute approximate surface area is 148 Å². The lowest BCUT2D eigenvalue weighted by Crippen LogP contribution is -2.37. The van der Waals surface area contributed by atoms with E-state index in [0.29, 0.717) is 26.3 Å². The predicted octanol–water partition coefficient (Wildman–Crippen LogP) is 2.97. The van der Waals surface area contributed by atoms with Crippen LogP contribution in [-0.4, -0.2) is 32.9 Å². The van der Waals surface area contributed by atoms with E-state index >= 15 is 0 Å². The lowest BCUT2D eigenvalue weighted by Gasteiger charge is -2.11. The van der Waals surface area contributed by atoms with E-state index in [2.05, 4.69) is 10.6 Å². The second kappa shape index (κ2) is 10.1. The predicted molar refractivity (Wildman–Crippen MR) is 96.3 cm³/mol. The summed E-state index contributed by atoms with van der Waals surface area (Å²) in [6.45, 7) is 3.76. The van der Waals surface area contributed by atoms with Gasteiger partial charge in [0, 0.05) is 12.1 Å². The number of amides is 2. The molecule has 0 aliphatic rings. The summed E-state index contributed by atoms with van der Waals surface area (Å²) in [6, 6.07) is 14.7. The summed E-state index contributed by atoms with van der Waals surface area (Å²) >= 11 is 0. The molecule has 0 fully saturated rings. The Morgan fingerprint density at radius 1 is 0.960 bits per heavy atom. The fourth-order valence-corrected chi connectivity index (χ4v) is 2.22. The summed E-state index contributed by atoms with van der Waals surface area (Å²) in [5, 5.41) is 5.54. The van der Waals surface area contributed by atoms with Crippen LogP contribution in [0.15, 0.2) is 48.5 Å². The summed E-state index contributed by atoms with van der Waals surface area (Å²) < 4.78 is 16.2. The van der Waals surface area contributed by atoms with Crippen LogP contribution in [0.2, 0.25) is 0 Å². The van der Waals surface area contributed by atoms with Gasteiger partial charge in [0.25, 0.3) is 0 Å². The van der Waals surface area contributed by atoms with E-state index in [4.69, 9.17) is 14.2 Å². The van der Waals surface area contributed by atoms with Crippen molar-refractivity contribution in [3.05, 3.63) is 54.1 Å². The van der Waals surface area contributed by atoms with Gasteiger partial charge in [-0.3, -0.25) is 0 Å². The molecule has 2 amide bonds. The molecule has 0 saturated heterocycles. The van der Waals surface area contributed by atoms with E-state index < -0.39 is 0 Å². The highest BCUT2D eigenvalue weighted by Gasteiger charge is 2.04. The van der Waals surface area contributed by atoms with Crippen LogP contribution in [0.4, 0.5) is 4.79 Å². The van der Waals surface area contributed by atoms with Crippen LogP contribution in [0.3, 0.4) is 0 Å². The average Bonchev–Trinajstić information content (AvgIpc) is 2.65. The number of carbonyl (C=O) groups excluding carboxylic acids is 1. The Balaban J connectivity index is 1.65. The number of para-hydroxylation sites is 1. The first-order valence-corrected chi connectivity index (χ1v) is 8.22.